The molecule has 0 aliphatic carbocycles. The van der Waals surface area contributed by atoms with Crippen molar-refractivity contribution in [3.8, 4) is 0 Å². The highest BCUT2D eigenvalue weighted by molar-refractivity contribution is 7.99. The van der Waals surface area contributed by atoms with E-state index in [0.717, 1.165) is 21.0 Å². The van der Waals surface area contributed by atoms with Crippen molar-refractivity contribution in [2.45, 2.75) is 30.1 Å². The van der Waals surface area contributed by atoms with Gasteiger partial charge in [-0.2, -0.15) is 0 Å². The average molecular weight is 369 g/mol. The highest BCUT2D eigenvalue weighted by atomic mass is 35.5. The Morgan fingerprint density at radius 2 is 1.20 bits per heavy atom. The van der Waals surface area contributed by atoms with E-state index in [4.69, 9.17) is 11.6 Å². The summed E-state index contributed by atoms with van der Waals surface area (Å²) in [5.41, 5.74) is 4.44. The molecule has 0 spiro atoms. The van der Waals surface area contributed by atoms with Crippen molar-refractivity contribution in [1.82, 2.24) is 0 Å². The van der Waals surface area contributed by atoms with Gasteiger partial charge in [0.25, 0.3) is 0 Å². The molecule has 3 rings (SSSR count). The molecule has 0 aliphatic heterocycles. The van der Waals surface area contributed by atoms with E-state index < -0.39 is 6.10 Å². The van der Waals surface area contributed by atoms with Gasteiger partial charge < -0.3 is 5.11 Å². The highest BCUT2D eigenvalue weighted by Crippen LogP contribution is 2.44. The first-order valence-electron chi connectivity index (χ1n) is 8.26. The molecule has 0 amide bonds. The molecule has 3 aromatic rings. The van der Waals surface area contributed by atoms with Crippen molar-refractivity contribution in [1.29, 1.82) is 0 Å². The highest BCUT2D eigenvalue weighted by Gasteiger charge is 2.24. The van der Waals surface area contributed by atoms with Gasteiger partial charge in [0.2, 0.25) is 0 Å². The number of aliphatic hydroxyl groups is 1. The van der Waals surface area contributed by atoms with E-state index in [-0.39, 0.29) is 5.25 Å². The quantitative estimate of drug-likeness (QED) is 0.517. The van der Waals surface area contributed by atoms with E-state index in [2.05, 4.69) is 38.1 Å². The van der Waals surface area contributed by atoms with Crippen LogP contribution in [0.2, 0.25) is 5.02 Å². The molecule has 3 heteroatoms. The second kappa shape index (κ2) is 8.09. The molecule has 1 nitrogen and oxygen atoms in total. The van der Waals surface area contributed by atoms with Crippen LogP contribution >= 0.6 is 23.4 Å². The minimum atomic E-state index is -0.594. The van der Waals surface area contributed by atoms with Crippen molar-refractivity contribution in [2.24, 2.45) is 0 Å². The summed E-state index contributed by atoms with van der Waals surface area (Å²) in [6.07, 6.45) is -0.594. The number of hydrogen-bond donors (Lipinski definition) is 1. The normalized spacial score (nSPS) is 13.4. The lowest BCUT2D eigenvalue weighted by Gasteiger charge is -2.24. The zero-order valence-electron chi connectivity index (χ0n) is 14.3. The van der Waals surface area contributed by atoms with Crippen LogP contribution in [0.1, 0.15) is 33.6 Å². The number of aryl methyl sites for hydroxylation is 2. The summed E-state index contributed by atoms with van der Waals surface area (Å²) in [5.74, 6) is 0. The van der Waals surface area contributed by atoms with Crippen molar-refractivity contribution in [3.05, 3.63) is 100 Å². The molecule has 0 saturated heterocycles. The lowest BCUT2D eigenvalue weighted by molar-refractivity contribution is 0.175. The molecular weight excluding hydrogens is 348 g/mol. The summed E-state index contributed by atoms with van der Waals surface area (Å²) in [7, 11) is 0. The zero-order valence-corrected chi connectivity index (χ0v) is 15.9. The maximum atomic E-state index is 11.1. The first kappa shape index (κ1) is 18.1. The van der Waals surface area contributed by atoms with E-state index in [1.165, 1.54) is 11.1 Å². The molecule has 0 heterocycles. The predicted molar refractivity (Wildman–Crippen MR) is 107 cm³/mol. The number of aliphatic hydroxyl groups excluding tert-OH is 1. The Morgan fingerprint density at radius 3 is 1.72 bits per heavy atom. The van der Waals surface area contributed by atoms with Crippen LogP contribution in [0, 0.1) is 13.8 Å². The van der Waals surface area contributed by atoms with Crippen LogP contribution in [0.3, 0.4) is 0 Å². The van der Waals surface area contributed by atoms with E-state index in [1.54, 1.807) is 11.8 Å². The van der Waals surface area contributed by atoms with Crippen LogP contribution in [0.4, 0.5) is 0 Å². The smallest absolute Gasteiger partial charge is 0.0952 e. The van der Waals surface area contributed by atoms with Crippen LogP contribution in [0.25, 0.3) is 0 Å². The monoisotopic (exact) mass is 368 g/mol. The molecule has 0 fully saturated rings. The predicted octanol–water partition coefficient (Wildman–Crippen LogP) is 6.52. The molecule has 0 radical (unpaired) electrons. The van der Waals surface area contributed by atoms with Gasteiger partial charge in [0.05, 0.1) is 11.4 Å². The van der Waals surface area contributed by atoms with Gasteiger partial charge in [-0.25, -0.2) is 0 Å². The second-order valence-corrected chi connectivity index (χ2v) is 7.91. The first-order valence-corrected chi connectivity index (χ1v) is 9.52. The lowest BCUT2D eigenvalue weighted by atomic mass is 9.99. The number of thioether (sulfide) groups is 1. The van der Waals surface area contributed by atoms with Gasteiger partial charge in [0.1, 0.15) is 0 Å². The third-order valence-electron chi connectivity index (χ3n) is 4.19. The fourth-order valence-corrected chi connectivity index (χ4v) is 3.96. The van der Waals surface area contributed by atoms with Crippen LogP contribution in [0.15, 0.2) is 77.7 Å². The average Bonchev–Trinajstić information content (AvgIpc) is 2.62. The molecule has 25 heavy (non-hydrogen) atoms. The van der Waals surface area contributed by atoms with E-state index in [9.17, 15) is 5.11 Å². The lowest BCUT2D eigenvalue weighted by Crippen LogP contribution is -2.08. The SMILES string of the molecule is Cc1ccc([C@H](O)[C@@H](Sc2ccc(Cl)cc2)c2ccc(C)cc2)cc1. The molecule has 0 unspecified atom stereocenters. The van der Waals surface area contributed by atoms with Gasteiger partial charge in [0, 0.05) is 9.92 Å². The van der Waals surface area contributed by atoms with Crippen LogP contribution in [0.5, 0.6) is 0 Å². The minimum Gasteiger partial charge on any atom is -0.387 e. The van der Waals surface area contributed by atoms with E-state index in [1.807, 2.05) is 48.5 Å². The molecule has 0 aliphatic rings. The van der Waals surface area contributed by atoms with E-state index in [0.29, 0.717) is 0 Å². The van der Waals surface area contributed by atoms with Crippen molar-refractivity contribution in [3.63, 3.8) is 0 Å². The fourth-order valence-electron chi connectivity index (χ4n) is 2.67. The van der Waals surface area contributed by atoms with Gasteiger partial charge in [-0.15, -0.1) is 11.8 Å². The molecule has 0 saturated carbocycles. The van der Waals surface area contributed by atoms with E-state index >= 15 is 0 Å². The van der Waals surface area contributed by atoms with Crippen LogP contribution in [-0.4, -0.2) is 5.11 Å². The summed E-state index contributed by atoms with van der Waals surface area (Å²) in [5, 5.41) is 11.7. The number of hydrogen-bond acceptors (Lipinski definition) is 2. The Morgan fingerprint density at radius 1 is 0.720 bits per heavy atom. The Balaban J connectivity index is 1.94. The maximum Gasteiger partial charge on any atom is 0.0952 e. The number of halogens is 1. The standard InChI is InChI=1S/C22H21ClOS/c1-15-3-7-17(8-4-15)21(24)22(18-9-5-16(2)6-10-18)25-20-13-11-19(23)12-14-20/h3-14,21-22,24H,1-2H3/t21-,22-/m0/s1. The van der Waals surface area contributed by atoms with Gasteiger partial charge in [-0.1, -0.05) is 71.3 Å². The van der Waals surface area contributed by atoms with Crippen molar-refractivity contribution < 1.29 is 5.11 Å². The van der Waals surface area contributed by atoms with Gasteiger partial charge in [-0.3, -0.25) is 0 Å². The molecule has 3 aromatic carbocycles. The van der Waals surface area contributed by atoms with Gasteiger partial charge in [-0.05, 0) is 49.2 Å². The summed E-state index contributed by atoms with van der Waals surface area (Å²) < 4.78 is 0. The summed E-state index contributed by atoms with van der Waals surface area (Å²) in [4.78, 5) is 1.08. The molecule has 1 N–H and O–H groups in total. The Kier molecular flexibility index (Phi) is 5.85. The van der Waals surface area contributed by atoms with Gasteiger partial charge in [0.15, 0.2) is 0 Å². The topological polar surface area (TPSA) is 20.2 Å². The molecule has 128 valence electrons. The molecule has 0 bridgehead atoms. The largest absolute Gasteiger partial charge is 0.387 e. The third-order valence-corrected chi connectivity index (χ3v) is 5.77. The minimum absolute atomic E-state index is 0.0931. The zero-order chi connectivity index (χ0) is 17.8. The summed E-state index contributed by atoms with van der Waals surface area (Å²) in [6, 6.07) is 24.2. The Bertz CT molecular complexity index is 810. The van der Waals surface area contributed by atoms with Crippen LogP contribution in [-0.2, 0) is 0 Å². The molecule has 0 aromatic heterocycles. The number of rotatable bonds is 5. The van der Waals surface area contributed by atoms with Crippen molar-refractivity contribution >= 4 is 23.4 Å². The van der Waals surface area contributed by atoms with Gasteiger partial charge >= 0.3 is 0 Å². The summed E-state index contributed by atoms with van der Waals surface area (Å²) in [6.45, 7) is 4.12. The molecular formula is C22H21ClOS. The molecule has 2 atom stereocenters. The van der Waals surface area contributed by atoms with Crippen molar-refractivity contribution in [2.75, 3.05) is 0 Å². The second-order valence-electron chi connectivity index (χ2n) is 6.26. The Labute approximate surface area is 158 Å². The van der Waals surface area contributed by atoms with Crippen LogP contribution < -0.4 is 0 Å². The first-order chi connectivity index (χ1) is 12.0. The third kappa shape index (κ3) is 4.66. The Hall–Kier alpha value is -1.74. The number of benzene rings is 3. The summed E-state index contributed by atoms with van der Waals surface area (Å²) >= 11 is 7.65. The maximum absolute atomic E-state index is 11.1. The fraction of sp³-hybridized carbons (Fsp3) is 0.182.